The van der Waals surface area contributed by atoms with Crippen LogP contribution in [0.1, 0.15) is 47.8 Å². The van der Waals surface area contributed by atoms with Gasteiger partial charge in [-0.3, -0.25) is 9.59 Å². The van der Waals surface area contributed by atoms with Gasteiger partial charge in [-0.2, -0.15) is 13.2 Å². The lowest BCUT2D eigenvalue weighted by molar-refractivity contribution is -0.138. The Morgan fingerprint density at radius 3 is 2.15 bits per heavy atom. The third-order valence-electron chi connectivity index (χ3n) is 6.34. The minimum atomic E-state index is -4.60. The van der Waals surface area contributed by atoms with Crippen molar-refractivity contribution < 1.29 is 37.0 Å². The minimum Gasteiger partial charge on any atom is -0.493 e. The monoisotopic (exact) mass is 475 g/mol. The van der Waals surface area contributed by atoms with Gasteiger partial charge in [-0.15, -0.1) is 0 Å². The number of alkyl halides is 3. The molecule has 0 spiro atoms. The van der Waals surface area contributed by atoms with Gasteiger partial charge in [0.15, 0.2) is 17.3 Å². The zero-order valence-corrected chi connectivity index (χ0v) is 18.9. The van der Waals surface area contributed by atoms with Gasteiger partial charge in [0, 0.05) is 30.0 Å². The maximum absolute atomic E-state index is 13.7. The van der Waals surface area contributed by atoms with E-state index in [1.165, 1.54) is 39.5 Å². The summed E-state index contributed by atoms with van der Waals surface area (Å²) < 4.78 is 57.2. The van der Waals surface area contributed by atoms with E-state index in [-0.39, 0.29) is 42.1 Å². The molecular weight excluding hydrogens is 451 g/mol. The number of rotatable bonds is 5. The quantitative estimate of drug-likeness (QED) is 0.677. The zero-order valence-electron chi connectivity index (χ0n) is 18.9. The standard InChI is InChI=1S/C25H24F3NO5/c1-32-20-10-14(11-21(33-2)24(20)34-3)13-8-18-23(19(30)9-13)16(12-22(31)29-18)15-6-4-5-7-17(15)25(26,27)28/h4-7,10-11,13,16H,8-9,12H2,1-3H3,(H,29,31). The molecule has 0 fully saturated rings. The van der Waals surface area contributed by atoms with E-state index in [1.807, 2.05) is 0 Å². The van der Waals surface area contributed by atoms with Crippen LogP contribution < -0.4 is 19.5 Å². The zero-order chi connectivity index (χ0) is 24.6. The van der Waals surface area contributed by atoms with Gasteiger partial charge in [0.1, 0.15) is 0 Å². The predicted octanol–water partition coefficient (Wildman–Crippen LogP) is 4.74. The lowest BCUT2D eigenvalue weighted by Gasteiger charge is -2.35. The van der Waals surface area contributed by atoms with E-state index in [0.29, 0.717) is 22.9 Å². The summed E-state index contributed by atoms with van der Waals surface area (Å²) in [6.07, 6.45) is -4.44. The van der Waals surface area contributed by atoms with E-state index in [2.05, 4.69) is 5.32 Å². The molecule has 6 nitrogen and oxygen atoms in total. The first-order valence-corrected chi connectivity index (χ1v) is 10.7. The number of ether oxygens (including phenoxy) is 3. The highest BCUT2D eigenvalue weighted by molar-refractivity contribution is 6.02. The summed E-state index contributed by atoms with van der Waals surface area (Å²) in [6, 6.07) is 8.60. The Kier molecular flexibility index (Phi) is 6.29. The first kappa shape index (κ1) is 23.7. The average Bonchev–Trinajstić information content (AvgIpc) is 2.81. The minimum absolute atomic E-state index is 0.0584. The maximum atomic E-state index is 13.7. The smallest absolute Gasteiger partial charge is 0.416 e. The number of Topliss-reactive ketones (excluding diaryl/α,β-unsaturated/α-hetero) is 1. The second-order valence-corrected chi connectivity index (χ2v) is 8.27. The number of benzene rings is 2. The molecule has 0 radical (unpaired) electrons. The fourth-order valence-electron chi connectivity index (χ4n) is 4.86. The van der Waals surface area contributed by atoms with Crippen molar-refractivity contribution >= 4 is 11.7 Å². The maximum Gasteiger partial charge on any atom is 0.416 e. The Morgan fingerprint density at radius 2 is 1.56 bits per heavy atom. The highest BCUT2D eigenvalue weighted by Gasteiger charge is 2.42. The van der Waals surface area contributed by atoms with Crippen LogP contribution in [-0.4, -0.2) is 33.0 Å². The lowest BCUT2D eigenvalue weighted by atomic mass is 9.72. The highest BCUT2D eigenvalue weighted by Crippen LogP contribution is 2.47. The van der Waals surface area contributed by atoms with Crippen molar-refractivity contribution in [3.05, 3.63) is 64.4 Å². The summed E-state index contributed by atoms with van der Waals surface area (Å²) in [5.74, 6) is -0.721. The first-order chi connectivity index (χ1) is 16.2. The van der Waals surface area contributed by atoms with Gasteiger partial charge in [-0.05, 0) is 41.7 Å². The van der Waals surface area contributed by atoms with Crippen LogP contribution >= 0.6 is 0 Å². The van der Waals surface area contributed by atoms with Crippen molar-refractivity contribution in [1.29, 1.82) is 0 Å². The Morgan fingerprint density at radius 1 is 0.912 bits per heavy atom. The van der Waals surface area contributed by atoms with Crippen LogP contribution in [0.2, 0.25) is 0 Å². The van der Waals surface area contributed by atoms with Crippen LogP contribution in [0.4, 0.5) is 13.2 Å². The van der Waals surface area contributed by atoms with Gasteiger partial charge >= 0.3 is 6.18 Å². The molecule has 2 atom stereocenters. The molecule has 1 aliphatic heterocycles. The van der Waals surface area contributed by atoms with Crippen LogP contribution in [0.25, 0.3) is 0 Å². The number of hydrogen-bond donors (Lipinski definition) is 1. The molecule has 0 aromatic heterocycles. The summed E-state index contributed by atoms with van der Waals surface area (Å²) in [5.41, 5.74) is 0.465. The molecule has 0 saturated heterocycles. The van der Waals surface area contributed by atoms with Crippen molar-refractivity contribution in [2.45, 2.75) is 37.3 Å². The number of carbonyl (C=O) groups excluding carboxylic acids is 2. The molecule has 2 aliphatic rings. The van der Waals surface area contributed by atoms with Crippen molar-refractivity contribution in [1.82, 2.24) is 5.32 Å². The predicted molar refractivity (Wildman–Crippen MR) is 117 cm³/mol. The fourth-order valence-corrected chi connectivity index (χ4v) is 4.86. The number of carbonyl (C=O) groups is 2. The van der Waals surface area contributed by atoms with E-state index in [1.54, 1.807) is 12.1 Å². The number of ketones is 1. The number of hydrogen-bond acceptors (Lipinski definition) is 5. The number of nitrogens with one attached hydrogen (secondary N) is 1. The number of halogens is 3. The normalized spacial score (nSPS) is 20.5. The van der Waals surface area contributed by atoms with Crippen molar-refractivity contribution in [2.75, 3.05) is 21.3 Å². The molecule has 1 N–H and O–H groups in total. The molecule has 0 bridgehead atoms. The van der Waals surface area contributed by atoms with Crippen molar-refractivity contribution in [3.8, 4) is 17.2 Å². The third-order valence-corrected chi connectivity index (χ3v) is 6.34. The summed E-state index contributed by atoms with van der Waals surface area (Å²) in [4.78, 5) is 25.8. The lowest BCUT2D eigenvalue weighted by Crippen LogP contribution is -2.38. The van der Waals surface area contributed by atoms with Crippen LogP contribution in [0.15, 0.2) is 47.7 Å². The van der Waals surface area contributed by atoms with Crippen LogP contribution in [-0.2, 0) is 15.8 Å². The Labute approximate surface area is 194 Å². The number of allylic oxidation sites excluding steroid dienone is 2. The van der Waals surface area contributed by atoms with Crippen molar-refractivity contribution in [3.63, 3.8) is 0 Å². The molecule has 1 heterocycles. The Bertz CT molecular complexity index is 1150. The van der Waals surface area contributed by atoms with Crippen LogP contribution in [0.5, 0.6) is 17.2 Å². The summed E-state index contributed by atoms with van der Waals surface area (Å²) >= 11 is 0. The first-order valence-electron chi connectivity index (χ1n) is 10.7. The molecule has 9 heteroatoms. The molecular formula is C25H24F3NO5. The third kappa shape index (κ3) is 4.22. The van der Waals surface area contributed by atoms with Gasteiger partial charge < -0.3 is 19.5 Å². The van der Waals surface area contributed by atoms with E-state index >= 15 is 0 Å². The van der Waals surface area contributed by atoms with Crippen LogP contribution in [0.3, 0.4) is 0 Å². The molecule has 2 unspecified atom stereocenters. The molecule has 1 aliphatic carbocycles. The largest absolute Gasteiger partial charge is 0.493 e. The summed E-state index contributed by atoms with van der Waals surface area (Å²) in [6.45, 7) is 0. The topological polar surface area (TPSA) is 73.9 Å². The van der Waals surface area contributed by atoms with Gasteiger partial charge in [0.05, 0.1) is 26.9 Å². The van der Waals surface area contributed by atoms with E-state index in [9.17, 15) is 22.8 Å². The molecule has 1 amide bonds. The van der Waals surface area contributed by atoms with E-state index in [0.717, 1.165) is 11.6 Å². The van der Waals surface area contributed by atoms with E-state index in [4.69, 9.17) is 14.2 Å². The molecule has 2 aromatic rings. The van der Waals surface area contributed by atoms with Crippen LogP contribution in [0, 0.1) is 0 Å². The van der Waals surface area contributed by atoms with Crippen molar-refractivity contribution in [2.24, 2.45) is 0 Å². The second kappa shape index (κ2) is 9.04. The molecule has 180 valence electrons. The van der Waals surface area contributed by atoms with Gasteiger partial charge in [0.25, 0.3) is 0 Å². The Hall–Kier alpha value is -3.49. The molecule has 2 aromatic carbocycles. The fraction of sp³-hybridized carbons (Fsp3) is 0.360. The van der Waals surface area contributed by atoms with E-state index < -0.39 is 23.6 Å². The number of methoxy groups -OCH3 is 3. The summed E-state index contributed by atoms with van der Waals surface area (Å²) in [5, 5.41) is 2.74. The van der Waals surface area contributed by atoms with Gasteiger partial charge in [-0.1, -0.05) is 18.2 Å². The highest BCUT2D eigenvalue weighted by atomic mass is 19.4. The summed E-state index contributed by atoms with van der Waals surface area (Å²) in [7, 11) is 4.45. The molecule has 0 saturated carbocycles. The second-order valence-electron chi connectivity index (χ2n) is 8.27. The molecule has 34 heavy (non-hydrogen) atoms. The molecule has 4 rings (SSSR count). The SMILES string of the molecule is COc1cc(C2CC(=O)C3=C(C2)NC(=O)CC3c2ccccc2C(F)(F)F)cc(OC)c1OC. The average molecular weight is 475 g/mol. The number of amides is 1. The van der Waals surface area contributed by atoms with Gasteiger partial charge in [0.2, 0.25) is 11.7 Å². The Balaban J connectivity index is 1.76. The van der Waals surface area contributed by atoms with Gasteiger partial charge in [-0.25, -0.2) is 0 Å².